The molecule has 1 aliphatic carbocycles. The fourth-order valence-corrected chi connectivity index (χ4v) is 2.10. The Kier molecular flexibility index (Phi) is 2.21. The van der Waals surface area contributed by atoms with E-state index in [0.717, 1.165) is 18.4 Å². The Hall–Kier alpha value is -1.05. The molecule has 1 aromatic rings. The maximum Gasteiger partial charge on any atom is 0.126 e. The van der Waals surface area contributed by atoms with Gasteiger partial charge in [-0.05, 0) is 30.4 Å². The zero-order valence-electron chi connectivity index (χ0n) is 7.46. The molecular weight excluding hydrogens is 167 g/mol. The molecule has 0 unspecified atom stereocenters. The molecule has 1 nitrogen and oxygen atoms in total. The zero-order valence-corrected chi connectivity index (χ0v) is 7.46. The predicted octanol–water partition coefficient (Wildman–Crippen LogP) is 3.19. The van der Waals surface area contributed by atoms with Crippen LogP contribution in [-0.4, -0.2) is 5.11 Å². The van der Waals surface area contributed by atoms with Crippen molar-refractivity contribution in [2.24, 2.45) is 0 Å². The van der Waals surface area contributed by atoms with E-state index in [2.05, 4.69) is 0 Å². The summed E-state index contributed by atoms with van der Waals surface area (Å²) in [5, 5.41) is 9.51. The van der Waals surface area contributed by atoms with Gasteiger partial charge in [-0.25, -0.2) is 4.39 Å². The van der Waals surface area contributed by atoms with Gasteiger partial charge in [-0.2, -0.15) is 0 Å². The number of aromatic hydroxyl groups is 1. The highest BCUT2D eigenvalue weighted by Crippen LogP contribution is 2.38. The molecule has 0 amide bonds. The van der Waals surface area contributed by atoms with Crippen molar-refractivity contribution in [3.8, 4) is 5.75 Å². The van der Waals surface area contributed by atoms with Crippen LogP contribution in [0.25, 0.3) is 0 Å². The minimum Gasteiger partial charge on any atom is -0.508 e. The molecule has 70 valence electrons. The van der Waals surface area contributed by atoms with Gasteiger partial charge in [-0.3, -0.25) is 0 Å². The van der Waals surface area contributed by atoms with Crippen LogP contribution < -0.4 is 0 Å². The van der Waals surface area contributed by atoms with Crippen LogP contribution in [-0.2, 0) is 0 Å². The lowest BCUT2D eigenvalue weighted by atomic mass is 9.97. The lowest BCUT2D eigenvalue weighted by Gasteiger charge is -2.10. The average Bonchev–Trinajstić information content (AvgIpc) is 2.56. The lowest BCUT2D eigenvalue weighted by molar-refractivity contribution is 0.455. The third-order valence-electron chi connectivity index (χ3n) is 2.79. The molecule has 1 aromatic carbocycles. The molecule has 0 spiro atoms. The Balaban J connectivity index is 2.29. The molecule has 1 fully saturated rings. The van der Waals surface area contributed by atoms with Gasteiger partial charge in [-0.15, -0.1) is 0 Å². The van der Waals surface area contributed by atoms with Gasteiger partial charge in [0.1, 0.15) is 11.6 Å². The van der Waals surface area contributed by atoms with Crippen molar-refractivity contribution in [1.82, 2.24) is 0 Å². The number of hydrogen-bond donors (Lipinski definition) is 1. The predicted molar refractivity (Wildman–Crippen MR) is 49.3 cm³/mol. The second-order valence-corrected chi connectivity index (χ2v) is 3.68. The van der Waals surface area contributed by atoms with Gasteiger partial charge >= 0.3 is 0 Å². The first kappa shape index (κ1) is 8.54. The Morgan fingerprint density at radius 1 is 1.23 bits per heavy atom. The van der Waals surface area contributed by atoms with Crippen LogP contribution in [0.1, 0.15) is 37.2 Å². The van der Waals surface area contributed by atoms with Gasteiger partial charge in [0, 0.05) is 6.07 Å². The van der Waals surface area contributed by atoms with E-state index in [-0.39, 0.29) is 11.6 Å². The summed E-state index contributed by atoms with van der Waals surface area (Å²) < 4.78 is 12.7. The topological polar surface area (TPSA) is 20.2 Å². The summed E-state index contributed by atoms with van der Waals surface area (Å²) in [6.45, 7) is 0. The van der Waals surface area contributed by atoms with Crippen molar-refractivity contribution < 1.29 is 9.50 Å². The summed E-state index contributed by atoms with van der Waals surface area (Å²) in [7, 11) is 0. The summed E-state index contributed by atoms with van der Waals surface area (Å²) in [5.41, 5.74) is 0.916. The molecule has 0 aromatic heterocycles. The SMILES string of the molecule is Oc1cc(F)ccc1C1CCCC1. The molecule has 0 radical (unpaired) electrons. The Bertz CT molecular complexity index is 303. The third-order valence-corrected chi connectivity index (χ3v) is 2.79. The second-order valence-electron chi connectivity index (χ2n) is 3.68. The van der Waals surface area contributed by atoms with Crippen LogP contribution in [0, 0.1) is 5.82 Å². The molecule has 0 saturated heterocycles. The number of hydrogen-bond acceptors (Lipinski definition) is 1. The molecule has 13 heavy (non-hydrogen) atoms. The molecule has 1 aliphatic rings. The summed E-state index contributed by atoms with van der Waals surface area (Å²) >= 11 is 0. The van der Waals surface area contributed by atoms with Crippen LogP contribution in [0.15, 0.2) is 18.2 Å². The van der Waals surface area contributed by atoms with E-state index >= 15 is 0 Å². The first-order chi connectivity index (χ1) is 6.27. The van der Waals surface area contributed by atoms with Crippen molar-refractivity contribution in [3.63, 3.8) is 0 Å². The first-order valence-electron chi connectivity index (χ1n) is 4.76. The Morgan fingerprint density at radius 2 is 1.92 bits per heavy atom. The number of phenolic OH excluding ortho intramolecular Hbond substituents is 1. The molecule has 0 bridgehead atoms. The minimum atomic E-state index is -0.362. The number of rotatable bonds is 1. The van der Waals surface area contributed by atoms with E-state index in [9.17, 15) is 9.50 Å². The number of halogens is 1. The first-order valence-corrected chi connectivity index (χ1v) is 4.76. The minimum absolute atomic E-state index is 0.118. The van der Waals surface area contributed by atoms with E-state index in [1.165, 1.54) is 25.0 Å². The quantitative estimate of drug-likeness (QED) is 0.703. The normalized spacial score (nSPS) is 17.9. The highest BCUT2D eigenvalue weighted by Gasteiger charge is 2.19. The van der Waals surface area contributed by atoms with Crippen molar-refractivity contribution in [2.45, 2.75) is 31.6 Å². The van der Waals surface area contributed by atoms with Crippen molar-refractivity contribution in [1.29, 1.82) is 0 Å². The highest BCUT2D eigenvalue weighted by atomic mass is 19.1. The van der Waals surface area contributed by atoms with Gasteiger partial charge < -0.3 is 5.11 Å². The zero-order chi connectivity index (χ0) is 9.26. The summed E-state index contributed by atoms with van der Waals surface area (Å²) in [6.07, 6.45) is 4.70. The van der Waals surface area contributed by atoms with E-state index < -0.39 is 0 Å². The fraction of sp³-hybridized carbons (Fsp3) is 0.455. The molecule has 0 aliphatic heterocycles. The summed E-state index contributed by atoms with van der Waals surface area (Å²) in [4.78, 5) is 0. The van der Waals surface area contributed by atoms with Gasteiger partial charge in [0.05, 0.1) is 0 Å². The van der Waals surface area contributed by atoms with Crippen LogP contribution >= 0.6 is 0 Å². The third kappa shape index (κ3) is 1.67. The summed E-state index contributed by atoms with van der Waals surface area (Å²) in [5.74, 6) is 0.201. The molecule has 0 heterocycles. The van der Waals surface area contributed by atoms with E-state index in [1.54, 1.807) is 6.07 Å². The lowest BCUT2D eigenvalue weighted by Crippen LogP contribution is -1.92. The van der Waals surface area contributed by atoms with Crippen LogP contribution in [0.5, 0.6) is 5.75 Å². The molecule has 1 saturated carbocycles. The maximum atomic E-state index is 12.7. The van der Waals surface area contributed by atoms with Crippen molar-refractivity contribution in [3.05, 3.63) is 29.6 Å². The van der Waals surface area contributed by atoms with Gasteiger partial charge in [0.15, 0.2) is 0 Å². The fourth-order valence-electron chi connectivity index (χ4n) is 2.10. The monoisotopic (exact) mass is 180 g/mol. The van der Waals surface area contributed by atoms with Crippen molar-refractivity contribution in [2.75, 3.05) is 0 Å². The Morgan fingerprint density at radius 3 is 2.54 bits per heavy atom. The molecule has 1 N–H and O–H groups in total. The second kappa shape index (κ2) is 3.36. The highest BCUT2D eigenvalue weighted by molar-refractivity contribution is 5.35. The van der Waals surface area contributed by atoms with E-state index in [0.29, 0.717) is 5.92 Å². The van der Waals surface area contributed by atoms with Gasteiger partial charge in [0.25, 0.3) is 0 Å². The van der Waals surface area contributed by atoms with Gasteiger partial charge in [0.2, 0.25) is 0 Å². The van der Waals surface area contributed by atoms with Gasteiger partial charge in [-0.1, -0.05) is 18.9 Å². The van der Waals surface area contributed by atoms with Crippen LogP contribution in [0.3, 0.4) is 0 Å². The molecule has 2 heteroatoms. The summed E-state index contributed by atoms with van der Waals surface area (Å²) in [6, 6.07) is 4.33. The van der Waals surface area contributed by atoms with E-state index in [4.69, 9.17) is 0 Å². The van der Waals surface area contributed by atoms with Crippen LogP contribution in [0.2, 0.25) is 0 Å². The Labute approximate surface area is 77.2 Å². The maximum absolute atomic E-state index is 12.7. The molecular formula is C11H13FO. The van der Waals surface area contributed by atoms with E-state index in [1.807, 2.05) is 0 Å². The largest absolute Gasteiger partial charge is 0.508 e. The number of benzene rings is 1. The number of phenols is 1. The molecule has 0 atom stereocenters. The van der Waals surface area contributed by atoms with Crippen molar-refractivity contribution >= 4 is 0 Å². The average molecular weight is 180 g/mol. The molecule has 2 rings (SSSR count). The van der Waals surface area contributed by atoms with Crippen LogP contribution in [0.4, 0.5) is 4.39 Å². The standard InChI is InChI=1S/C11H13FO/c12-9-5-6-10(11(13)7-9)8-3-1-2-4-8/h5-8,13H,1-4H2. The smallest absolute Gasteiger partial charge is 0.126 e.